The van der Waals surface area contributed by atoms with E-state index < -0.39 is 4.92 Å². The molecule has 5 aromatic carbocycles. The lowest BCUT2D eigenvalue weighted by molar-refractivity contribution is -0.384. The number of carbonyl (C=O) groups excluding carboxylic acids is 1. The maximum absolute atomic E-state index is 13.9. The van der Waals surface area contributed by atoms with Crippen molar-refractivity contribution in [2.75, 3.05) is 6.54 Å². The van der Waals surface area contributed by atoms with Gasteiger partial charge in [-0.15, -0.1) is 0 Å². The van der Waals surface area contributed by atoms with Crippen molar-refractivity contribution in [2.45, 2.75) is 13.0 Å². The summed E-state index contributed by atoms with van der Waals surface area (Å²) < 4.78 is 6.33. The van der Waals surface area contributed by atoms with Gasteiger partial charge in [0.25, 0.3) is 11.6 Å². The van der Waals surface area contributed by atoms with Gasteiger partial charge in [0.1, 0.15) is 12.4 Å². The minimum atomic E-state index is -0.446. The molecule has 1 aliphatic heterocycles. The summed E-state index contributed by atoms with van der Waals surface area (Å²) in [5.41, 5.74) is 4.52. The average molecular weight is 625 g/mol. The number of hydrogen-bond acceptors (Lipinski definition) is 6. The number of nitro benzene ring substituents is 1. The minimum absolute atomic E-state index is 0.0176. The number of nitrogens with one attached hydrogen (secondary N) is 1. The van der Waals surface area contributed by atoms with Crippen molar-refractivity contribution in [1.29, 1.82) is 0 Å². The van der Waals surface area contributed by atoms with E-state index in [1.165, 1.54) is 23.9 Å². The minimum Gasteiger partial charge on any atom is -0.488 e. The SMILES string of the molecule is O=C1/C(=C/c2ccccc2OCc2cccc3ccccc23)SC(=Nc2ccc([N+](=O)[O-])cc2)N1CCc1c[nH]c2ccccc12. The predicted molar refractivity (Wildman–Crippen MR) is 184 cm³/mol. The van der Waals surface area contributed by atoms with E-state index in [0.29, 0.717) is 41.1 Å². The molecule has 0 bridgehead atoms. The maximum Gasteiger partial charge on any atom is 0.269 e. The van der Waals surface area contributed by atoms with Crippen LogP contribution in [0.1, 0.15) is 16.7 Å². The maximum atomic E-state index is 13.9. The smallest absolute Gasteiger partial charge is 0.269 e. The first kappa shape index (κ1) is 29.1. The molecule has 0 radical (unpaired) electrons. The molecule has 1 aliphatic rings. The third kappa shape index (κ3) is 6.00. The number of thioether (sulfide) groups is 1. The molecule has 1 N–H and O–H groups in total. The van der Waals surface area contributed by atoms with Crippen molar-refractivity contribution in [1.82, 2.24) is 9.88 Å². The molecule has 0 aliphatic carbocycles. The Balaban J connectivity index is 1.18. The van der Waals surface area contributed by atoms with Gasteiger partial charge in [0.05, 0.1) is 15.5 Å². The van der Waals surface area contributed by atoms with Gasteiger partial charge in [-0.25, -0.2) is 4.99 Å². The highest BCUT2D eigenvalue weighted by atomic mass is 32.2. The second kappa shape index (κ2) is 12.7. The molecular weight excluding hydrogens is 596 g/mol. The molecule has 6 aromatic rings. The number of amidine groups is 1. The Bertz CT molecular complexity index is 2150. The molecule has 0 saturated carbocycles. The molecule has 0 unspecified atom stereocenters. The van der Waals surface area contributed by atoms with E-state index in [0.717, 1.165) is 38.4 Å². The zero-order valence-electron chi connectivity index (χ0n) is 24.6. The number of aromatic amines is 1. The van der Waals surface area contributed by atoms with Gasteiger partial charge in [-0.05, 0) is 70.4 Å². The van der Waals surface area contributed by atoms with Gasteiger partial charge in [0.15, 0.2) is 5.17 Å². The van der Waals surface area contributed by atoms with E-state index in [-0.39, 0.29) is 11.6 Å². The van der Waals surface area contributed by atoms with E-state index in [9.17, 15) is 14.9 Å². The number of aromatic nitrogens is 1. The van der Waals surface area contributed by atoms with Crippen LogP contribution in [-0.2, 0) is 17.8 Å². The first-order valence-electron chi connectivity index (χ1n) is 14.8. The molecule has 0 spiro atoms. The van der Waals surface area contributed by atoms with Crippen molar-refractivity contribution < 1.29 is 14.5 Å². The molecule has 226 valence electrons. The fraction of sp³-hybridized carbons (Fsp3) is 0.0811. The van der Waals surface area contributed by atoms with Crippen LogP contribution in [0.25, 0.3) is 27.8 Å². The number of ether oxygens (including phenoxy) is 1. The van der Waals surface area contributed by atoms with Gasteiger partial charge in [0, 0.05) is 41.3 Å². The van der Waals surface area contributed by atoms with E-state index in [1.54, 1.807) is 17.0 Å². The number of non-ortho nitro benzene ring substituents is 1. The van der Waals surface area contributed by atoms with E-state index in [1.807, 2.05) is 72.9 Å². The van der Waals surface area contributed by atoms with E-state index in [2.05, 4.69) is 35.3 Å². The van der Waals surface area contributed by atoms with Crippen molar-refractivity contribution in [3.63, 3.8) is 0 Å². The summed E-state index contributed by atoms with van der Waals surface area (Å²) >= 11 is 1.28. The highest BCUT2D eigenvalue weighted by molar-refractivity contribution is 8.18. The highest BCUT2D eigenvalue weighted by Crippen LogP contribution is 2.36. The Morgan fingerprint density at radius 3 is 2.43 bits per heavy atom. The van der Waals surface area contributed by atoms with Crippen molar-refractivity contribution in [2.24, 2.45) is 4.99 Å². The molecule has 46 heavy (non-hydrogen) atoms. The number of aliphatic imine (C=N–C) groups is 1. The Morgan fingerprint density at radius 2 is 1.59 bits per heavy atom. The Labute approximate surface area is 269 Å². The van der Waals surface area contributed by atoms with Crippen LogP contribution < -0.4 is 4.74 Å². The fourth-order valence-corrected chi connectivity index (χ4v) is 6.58. The average Bonchev–Trinajstić information content (AvgIpc) is 3.63. The summed E-state index contributed by atoms with van der Waals surface area (Å²) in [6.45, 7) is 0.794. The standard InChI is InChI=1S/C37H28N4O4S/c42-36-35(22-26-9-2-6-15-34(26)45-24-28-11-7-10-25-8-1-3-12-31(25)28)46-37(39-29-16-18-30(19-17-29)41(43)44)40(36)21-20-27-23-38-33-14-5-4-13-32(27)33/h1-19,22-23,38H,20-21,24H2/b35-22-,39-37?. The lowest BCUT2D eigenvalue weighted by Crippen LogP contribution is -2.31. The van der Waals surface area contributed by atoms with Crippen LogP contribution >= 0.6 is 11.8 Å². The zero-order valence-corrected chi connectivity index (χ0v) is 25.4. The summed E-state index contributed by atoms with van der Waals surface area (Å²) in [6, 6.07) is 36.1. The van der Waals surface area contributed by atoms with Gasteiger partial charge >= 0.3 is 0 Å². The largest absolute Gasteiger partial charge is 0.488 e. The number of rotatable bonds is 9. The van der Waals surface area contributed by atoms with Gasteiger partial charge in [0.2, 0.25) is 0 Å². The molecule has 1 aromatic heterocycles. The van der Waals surface area contributed by atoms with Crippen LogP contribution in [0.2, 0.25) is 0 Å². The molecule has 1 fully saturated rings. The second-order valence-electron chi connectivity index (χ2n) is 10.8. The van der Waals surface area contributed by atoms with E-state index >= 15 is 0 Å². The lowest BCUT2D eigenvalue weighted by Gasteiger charge is -2.15. The molecule has 9 heteroatoms. The normalized spacial score (nSPS) is 15.0. The molecule has 7 rings (SSSR count). The molecule has 2 heterocycles. The highest BCUT2D eigenvalue weighted by Gasteiger charge is 2.33. The van der Waals surface area contributed by atoms with Crippen molar-refractivity contribution in [3.05, 3.63) is 153 Å². The van der Waals surface area contributed by atoms with Crippen molar-refractivity contribution in [3.8, 4) is 5.75 Å². The number of hydrogen-bond donors (Lipinski definition) is 1. The molecular formula is C37H28N4O4S. The van der Waals surface area contributed by atoms with Crippen LogP contribution in [0.15, 0.2) is 131 Å². The third-order valence-electron chi connectivity index (χ3n) is 7.92. The molecule has 1 saturated heterocycles. The number of H-pyrrole nitrogens is 1. The van der Waals surface area contributed by atoms with Crippen LogP contribution in [0, 0.1) is 10.1 Å². The Kier molecular flexibility index (Phi) is 8.05. The number of para-hydroxylation sites is 2. The molecule has 1 amide bonds. The topological polar surface area (TPSA) is 101 Å². The van der Waals surface area contributed by atoms with Gasteiger partial charge in [-0.3, -0.25) is 19.8 Å². The summed E-state index contributed by atoms with van der Waals surface area (Å²) in [6.07, 6.45) is 4.45. The summed E-state index contributed by atoms with van der Waals surface area (Å²) in [5.74, 6) is 0.511. The number of carbonyl (C=O) groups is 1. The van der Waals surface area contributed by atoms with Crippen LogP contribution in [0.5, 0.6) is 5.75 Å². The number of benzene rings is 5. The number of amides is 1. The van der Waals surface area contributed by atoms with Gasteiger partial charge in [-0.1, -0.05) is 78.9 Å². The number of nitro groups is 1. The van der Waals surface area contributed by atoms with Crippen LogP contribution in [0.4, 0.5) is 11.4 Å². The number of fused-ring (bicyclic) bond motifs is 2. The summed E-state index contributed by atoms with van der Waals surface area (Å²) in [5, 5.41) is 15.1. The Morgan fingerprint density at radius 1 is 0.848 bits per heavy atom. The summed E-state index contributed by atoms with van der Waals surface area (Å²) in [7, 11) is 0. The lowest BCUT2D eigenvalue weighted by atomic mass is 10.1. The van der Waals surface area contributed by atoms with Crippen LogP contribution in [0.3, 0.4) is 0 Å². The third-order valence-corrected chi connectivity index (χ3v) is 8.93. The van der Waals surface area contributed by atoms with Gasteiger partial charge < -0.3 is 9.72 Å². The monoisotopic (exact) mass is 624 g/mol. The van der Waals surface area contributed by atoms with Crippen molar-refractivity contribution >= 4 is 62.0 Å². The first-order valence-corrected chi connectivity index (χ1v) is 15.6. The van der Waals surface area contributed by atoms with E-state index in [4.69, 9.17) is 9.73 Å². The fourth-order valence-electron chi connectivity index (χ4n) is 5.56. The first-order chi connectivity index (χ1) is 22.5. The van der Waals surface area contributed by atoms with Gasteiger partial charge in [-0.2, -0.15) is 0 Å². The van der Waals surface area contributed by atoms with Crippen LogP contribution in [-0.4, -0.2) is 32.4 Å². The second-order valence-corrected chi connectivity index (χ2v) is 11.8. The zero-order chi connectivity index (χ0) is 31.5. The molecule has 8 nitrogen and oxygen atoms in total. The predicted octanol–water partition coefficient (Wildman–Crippen LogP) is 8.66. The Hall–Kier alpha value is -5.67. The number of nitrogens with zero attached hydrogens (tertiary/aromatic N) is 3. The quantitative estimate of drug-likeness (QED) is 0.0986. The molecule has 0 atom stereocenters. The summed E-state index contributed by atoms with van der Waals surface area (Å²) in [4.78, 5) is 34.9.